The molecule has 35 heavy (non-hydrogen) atoms. The summed E-state index contributed by atoms with van der Waals surface area (Å²) in [4.78, 5) is 13.1. The smallest absolute Gasteiger partial charge is 0.262 e. The second-order valence-corrected chi connectivity index (χ2v) is 9.02. The second kappa shape index (κ2) is 10.1. The lowest BCUT2D eigenvalue weighted by Crippen LogP contribution is -2.24. The standard InChI is InChI=1S/C27H23N5O2S/c1-34-16-6-15-31-25(33)23-9-4-5-10-24(23)32-26(31)29-30-27(32)35-18-19-11-13-20(14-12-19)22-8-3-2-7-21(22)17-28/h2-5,7-14H,6,15-16,18H2,1H3. The van der Waals surface area contributed by atoms with Crippen molar-refractivity contribution in [2.75, 3.05) is 13.7 Å². The summed E-state index contributed by atoms with van der Waals surface area (Å²) in [6, 6.07) is 25.6. The molecule has 0 aliphatic carbocycles. The minimum absolute atomic E-state index is 0.0682. The van der Waals surface area contributed by atoms with Crippen LogP contribution < -0.4 is 5.56 Å². The van der Waals surface area contributed by atoms with E-state index in [1.807, 2.05) is 65.1 Å². The van der Waals surface area contributed by atoms with E-state index in [0.29, 0.717) is 42.1 Å². The number of rotatable bonds is 8. The van der Waals surface area contributed by atoms with Crippen LogP contribution in [0.4, 0.5) is 0 Å². The van der Waals surface area contributed by atoms with E-state index in [0.717, 1.165) is 27.4 Å². The van der Waals surface area contributed by atoms with Crippen molar-refractivity contribution in [3.63, 3.8) is 0 Å². The average molecular weight is 482 g/mol. The summed E-state index contributed by atoms with van der Waals surface area (Å²) in [5, 5.41) is 19.6. The third kappa shape index (κ3) is 4.44. The fraction of sp³-hybridized carbons (Fsp3) is 0.185. The van der Waals surface area contributed by atoms with Gasteiger partial charge in [-0.3, -0.25) is 13.8 Å². The van der Waals surface area contributed by atoms with Crippen LogP contribution in [0.2, 0.25) is 0 Å². The Balaban J connectivity index is 1.45. The molecule has 2 aromatic heterocycles. The Labute approximate surface area is 206 Å². The van der Waals surface area contributed by atoms with Gasteiger partial charge in [-0.15, -0.1) is 10.2 Å². The summed E-state index contributed by atoms with van der Waals surface area (Å²) < 4.78 is 8.81. The van der Waals surface area contributed by atoms with Crippen LogP contribution in [-0.2, 0) is 17.0 Å². The van der Waals surface area contributed by atoms with Crippen molar-refractivity contribution in [1.82, 2.24) is 19.2 Å². The summed E-state index contributed by atoms with van der Waals surface area (Å²) >= 11 is 1.57. The Morgan fingerprint density at radius 2 is 1.77 bits per heavy atom. The molecule has 0 spiro atoms. The van der Waals surface area contributed by atoms with Crippen molar-refractivity contribution in [3.05, 3.63) is 94.3 Å². The van der Waals surface area contributed by atoms with Gasteiger partial charge in [0.05, 0.1) is 22.5 Å². The van der Waals surface area contributed by atoms with E-state index in [-0.39, 0.29) is 5.56 Å². The van der Waals surface area contributed by atoms with Gasteiger partial charge >= 0.3 is 0 Å². The van der Waals surface area contributed by atoms with E-state index in [1.165, 1.54) is 0 Å². The van der Waals surface area contributed by atoms with Crippen LogP contribution in [-0.4, -0.2) is 32.9 Å². The van der Waals surface area contributed by atoms with Crippen LogP contribution in [0.3, 0.4) is 0 Å². The molecule has 0 amide bonds. The maximum Gasteiger partial charge on any atom is 0.262 e. The van der Waals surface area contributed by atoms with Crippen molar-refractivity contribution in [1.29, 1.82) is 5.26 Å². The van der Waals surface area contributed by atoms with Crippen molar-refractivity contribution in [2.45, 2.75) is 23.9 Å². The number of nitrogens with zero attached hydrogens (tertiary/aromatic N) is 5. The van der Waals surface area contributed by atoms with Crippen LogP contribution in [0, 0.1) is 11.3 Å². The summed E-state index contributed by atoms with van der Waals surface area (Å²) in [5.74, 6) is 1.23. The number of aromatic nitrogens is 4. The number of para-hydroxylation sites is 1. The first-order valence-electron chi connectivity index (χ1n) is 11.3. The Morgan fingerprint density at radius 1 is 1.00 bits per heavy atom. The molecule has 2 heterocycles. The van der Waals surface area contributed by atoms with Crippen molar-refractivity contribution in [2.24, 2.45) is 0 Å². The minimum atomic E-state index is -0.0682. The van der Waals surface area contributed by atoms with E-state index in [1.54, 1.807) is 23.4 Å². The normalized spacial score (nSPS) is 11.2. The lowest BCUT2D eigenvalue weighted by molar-refractivity contribution is 0.190. The van der Waals surface area contributed by atoms with Crippen LogP contribution in [0.15, 0.2) is 82.7 Å². The van der Waals surface area contributed by atoms with Gasteiger partial charge < -0.3 is 4.74 Å². The van der Waals surface area contributed by atoms with Crippen LogP contribution in [0.1, 0.15) is 17.5 Å². The highest BCUT2D eigenvalue weighted by molar-refractivity contribution is 7.98. The van der Waals surface area contributed by atoms with Gasteiger partial charge in [-0.2, -0.15) is 5.26 Å². The lowest BCUT2D eigenvalue weighted by atomic mass is 10.00. The van der Waals surface area contributed by atoms with Crippen molar-refractivity contribution >= 4 is 28.4 Å². The van der Waals surface area contributed by atoms with Gasteiger partial charge in [-0.05, 0) is 41.3 Å². The SMILES string of the molecule is COCCCn1c(=O)c2ccccc2n2c(SCc3ccc(-c4ccccc4C#N)cc3)nnc12. The molecule has 0 saturated carbocycles. The molecule has 0 bridgehead atoms. The first-order valence-corrected chi connectivity index (χ1v) is 12.3. The van der Waals surface area contributed by atoms with E-state index in [2.05, 4.69) is 28.4 Å². The number of aryl methyl sites for hydroxylation is 1. The molecule has 0 aliphatic heterocycles. The molecular weight excluding hydrogens is 458 g/mol. The van der Waals surface area contributed by atoms with Gasteiger partial charge in [0.1, 0.15) is 0 Å². The number of hydrogen-bond donors (Lipinski definition) is 0. The topological polar surface area (TPSA) is 85.2 Å². The van der Waals surface area contributed by atoms with Crippen LogP contribution in [0.25, 0.3) is 27.8 Å². The second-order valence-electron chi connectivity index (χ2n) is 8.08. The van der Waals surface area contributed by atoms with Gasteiger partial charge in [0, 0.05) is 26.0 Å². The highest BCUT2D eigenvalue weighted by atomic mass is 32.2. The Morgan fingerprint density at radius 3 is 2.57 bits per heavy atom. The molecule has 8 heteroatoms. The molecule has 3 aromatic carbocycles. The largest absolute Gasteiger partial charge is 0.385 e. The van der Waals surface area contributed by atoms with E-state index in [4.69, 9.17) is 4.74 Å². The minimum Gasteiger partial charge on any atom is -0.385 e. The molecule has 174 valence electrons. The molecular formula is C27H23N5O2S. The molecule has 0 fully saturated rings. The van der Waals surface area contributed by atoms with E-state index >= 15 is 0 Å². The van der Waals surface area contributed by atoms with Crippen LogP contribution in [0.5, 0.6) is 0 Å². The molecule has 0 saturated heterocycles. The quantitative estimate of drug-likeness (QED) is 0.231. The fourth-order valence-electron chi connectivity index (χ4n) is 4.16. The highest BCUT2D eigenvalue weighted by Gasteiger charge is 2.16. The summed E-state index contributed by atoms with van der Waals surface area (Å²) in [6.07, 6.45) is 0.709. The van der Waals surface area contributed by atoms with Gasteiger partial charge in [0.2, 0.25) is 5.78 Å². The number of thioether (sulfide) groups is 1. The predicted molar refractivity (Wildman–Crippen MR) is 137 cm³/mol. The highest BCUT2D eigenvalue weighted by Crippen LogP contribution is 2.27. The van der Waals surface area contributed by atoms with Crippen LogP contribution >= 0.6 is 11.8 Å². The predicted octanol–water partition coefficient (Wildman–Crippen LogP) is 4.91. The average Bonchev–Trinajstić information content (AvgIpc) is 3.33. The number of methoxy groups -OCH3 is 1. The third-order valence-corrected chi connectivity index (χ3v) is 6.89. The molecule has 0 aliphatic rings. The Bertz CT molecular complexity index is 1600. The zero-order valence-corrected chi connectivity index (χ0v) is 20.0. The van der Waals surface area contributed by atoms with Gasteiger partial charge in [-0.25, -0.2) is 0 Å². The Kier molecular flexibility index (Phi) is 6.62. The molecule has 5 aromatic rings. The molecule has 5 rings (SSSR count). The van der Waals surface area contributed by atoms with Gasteiger partial charge in [0.15, 0.2) is 5.16 Å². The number of fused-ring (bicyclic) bond motifs is 3. The maximum absolute atomic E-state index is 13.1. The zero-order valence-electron chi connectivity index (χ0n) is 19.2. The first kappa shape index (κ1) is 22.8. The summed E-state index contributed by atoms with van der Waals surface area (Å²) in [5.41, 5.74) is 4.45. The summed E-state index contributed by atoms with van der Waals surface area (Å²) in [6.45, 7) is 1.07. The van der Waals surface area contributed by atoms with E-state index < -0.39 is 0 Å². The number of ether oxygens (including phenoxy) is 1. The number of hydrogen-bond acceptors (Lipinski definition) is 6. The monoisotopic (exact) mass is 481 g/mol. The van der Waals surface area contributed by atoms with Crippen molar-refractivity contribution in [3.8, 4) is 17.2 Å². The first-order chi connectivity index (χ1) is 17.2. The maximum atomic E-state index is 13.1. The fourth-order valence-corrected chi connectivity index (χ4v) is 5.05. The lowest BCUT2D eigenvalue weighted by Gasteiger charge is -2.11. The molecule has 0 unspecified atom stereocenters. The third-order valence-electron chi connectivity index (χ3n) is 5.89. The number of nitriles is 1. The molecule has 0 atom stereocenters. The zero-order chi connectivity index (χ0) is 24.2. The van der Waals surface area contributed by atoms with Gasteiger partial charge in [0.25, 0.3) is 5.56 Å². The van der Waals surface area contributed by atoms with E-state index in [9.17, 15) is 10.1 Å². The molecule has 0 radical (unpaired) electrons. The molecule has 7 nitrogen and oxygen atoms in total. The molecule has 0 N–H and O–H groups in total. The Hall–Kier alpha value is -3.93. The van der Waals surface area contributed by atoms with Crippen molar-refractivity contribution < 1.29 is 4.74 Å². The number of benzene rings is 3. The summed E-state index contributed by atoms with van der Waals surface area (Å²) in [7, 11) is 1.65. The van der Waals surface area contributed by atoms with Gasteiger partial charge in [-0.1, -0.05) is 66.4 Å².